The second-order valence-electron chi connectivity index (χ2n) is 7.61. The summed E-state index contributed by atoms with van der Waals surface area (Å²) in [7, 11) is 0. The zero-order valence-corrected chi connectivity index (χ0v) is 26.4. The van der Waals surface area contributed by atoms with Crippen LogP contribution in [0.3, 0.4) is 0 Å². The lowest BCUT2D eigenvalue weighted by Crippen LogP contribution is -2.00. The maximum absolute atomic E-state index is 4.23. The van der Waals surface area contributed by atoms with Crippen LogP contribution in [0.4, 0.5) is 0 Å². The Morgan fingerprint density at radius 2 is 1.17 bits per heavy atom. The second-order valence-corrected chi connectivity index (χ2v) is 7.61. The minimum atomic E-state index is 0.940. The molecule has 0 saturated heterocycles. The molecule has 0 aromatic heterocycles. The van der Waals surface area contributed by atoms with E-state index < -0.39 is 0 Å². The highest BCUT2D eigenvalue weighted by atomic mass is 14.2. The highest BCUT2D eigenvalue weighted by Crippen LogP contribution is 2.29. The van der Waals surface area contributed by atoms with Crippen molar-refractivity contribution in [2.45, 2.75) is 110 Å². The van der Waals surface area contributed by atoms with E-state index in [-0.39, 0.29) is 0 Å². The van der Waals surface area contributed by atoms with Gasteiger partial charge < -0.3 is 0 Å². The highest BCUT2D eigenvalue weighted by molar-refractivity contribution is 5.79. The SMILES string of the molecule is C=C(/C=C\C)c1cccc(Cc2cccc(C(/C=C\CC)=C(C)C)c2C)c1C.CC.CC.CC.CC. The molecule has 36 heavy (non-hydrogen) atoms. The predicted molar refractivity (Wildman–Crippen MR) is 172 cm³/mol. The lowest BCUT2D eigenvalue weighted by atomic mass is 9.88. The first-order valence-electron chi connectivity index (χ1n) is 14.2. The van der Waals surface area contributed by atoms with Crippen molar-refractivity contribution in [1.82, 2.24) is 0 Å². The Kier molecular flexibility index (Phi) is 25.4. The molecule has 0 aliphatic heterocycles. The zero-order valence-electron chi connectivity index (χ0n) is 26.4. The first-order chi connectivity index (χ1) is 17.4. The van der Waals surface area contributed by atoms with E-state index in [1.54, 1.807) is 0 Å². The number of allylic oxidation sites excluding steroid dienone is 7. The van der Waals surface area contributed by atoms with Gasteiger partial charge in [0.05, 0.1) is 0 Å². The van der Waals surface area contributed by atoms with Crippen molar-refractivity contribution in [2.75, 3.05) is 0 Å². The molecule has 0 fully saturated rings. The number of hydrogen-bond donors (Lipinski definition) is 0. The van der Waals surface area contributed by atoms with Gasteiger partial charge in [0.15, 0.2) is 0 Å². The van der Waals surface area contributed by atoms with E-state index in [9.17, 15) is 0 Å². The van der Waals surface area contributed by atoms with Crippen molar-refractivity contribution in [1.29, 1.82) is 0 Å². The molecule has 0 amide bonds. The number of hydrogen-bond acceptors (Lipinski definition) is 0. The first-order valence-corrected chi connectivity index (χ1v) is 14.2. The normalized spacial score (nSPS) is 9.50. The van der Waals surface area contributed by atoms with E-state index in [0.717, 1.165) is 18.4 Å². The van der Waals surface area contributed by atoms with Gasteiger partial charge in [0, 0.05) is 0 Å². The van der Waals surface area contributed by atoms with E-state index in [1.165, 1.54) is 44.5 Å². The average Bonchev–Trinajstić information content (AvgIpc) is 2.92. The summed E-state index contributed by atoms with van der Waals surface area (Å²) < 4.78 is 0. The van der Waals surface area contributed by atoms with Gasteiger partial charge >= 0.3 is 0 Å². The Balaban J connectivity index is -0.00000124. The Morgan fingerprint density at radius 3 is 1.58 bits per heavy atom. The third kappa shape index (κ3) is 12.4. The van der Waals surface area contributed by atoms with Gasteiger partial charge in [-0.1, -0.05) is 135 Å². The summed E-state index contributed by atoms with van der Waals surface area (Å²) in [6.45, 7) is 33.3. The fourth-order valence-corrected chi connectivity index (χ4v) is 3.65. The topological polar surface area (TPSA) is 0 Å². The molecular weight excluding hydrogens is 432 g/mol. The molecule has 0 saturated carbocycles. The molecule has 0 spiro atoms. The third-order valence-electron chi connectivity index (χ3n) is 5.34. The van der Waals surface area contributed by atoms with E-state index >= 15 is 0 Å². The Morgan fingerprint density at radius 1 is 0.722 bits per heavy atom. The summed E-state index contributed by atoms with van der Waals surface area (Å²) >= 11 is 0. The summed E-state index contributed by atoms with van der Waals surface area (Å²) in [5, 5.41) is 0. The van der Waals surface area contributed by atoms with Gasteiger partial charge in [0.2, 0.25) is 0 Å². The van der Waals surface area contributed by atoms with E-state index in [1.807, 2.05) is 68.4 Å². The van der Waals surface area contributed by atoms with Crippen molar-refractivity contribution < 1.29 is 0 Å². The second kappa shape index (κ2) is 24.1. The summed E-state index contributed by atoms with van der Waals surface area (Å²) in [5.41, 5.74) is 11.8. The minimum Gasteiger partial charge on any atom is -0.0912 e. The molecule has 2 aromatic carbocycles. The van der Waals surface area contributed by atoms with E-state index in [4.69, 9.17) is 0 Å². The van der Waals surface area contributed by atoms with Crippen LogP contribution in [0.5, 0.6) is 0 Å². The summed E-state index contributed by atoms with van der Waals surface area (Å²) in [6.07, 6.45) is 10.6. The molecule has 2 aromatic rings. The van der Waals surface area contributed by atoms with Crippen LogP contribution in [-0.4, -0.2) is 0 Å². The predicted octanol–water partition coefficient (Wildman–Crippen LogP) is 12.3. The van der Waals surface area contributed by atoms with Gasteiger partial charge in [0.25, 0.3) is 0 Å². The van der Waals surface area contributed by atoms with Crippen LogP contribution < -0.4 is 0 Å². The number of rotatable bonds is 7. The monoisotopic (exact) mass is 490 g/mol. The molecule has 0 unspecified atom stereocenters. The standard InChI is InChI=1S/C28H34.4C2H6/c1-8-10-16-26(20(3)4)28-18-12-15-25(23(28)7)19-24-14-11-17-27(22(24)6)21(5)13-9-2;4*1-2/h9-18H,5,8,19H2,1-4,6-7H3;4*1-2H3/b13-9-,16-10-;;;;. The number of benzene rings is 2. The molecule has 0 heterocycles. The van der Waals surface area contributed by atoms with Gasteiger partial charge in [-0.05, 0) is 92.0 Å². The van der Waals surface area contributed by atoms with Crippen LogP contribution in [0.15, 0.2) is 72.9 Å². The summed E-state index contributed by atoms with van der Waals surface area (Å²) in [6, 6.07) is 13.3. The van der Waals surface area contributed by atoms with Gasteiger partial charge in [-0.15, -0.1) is 0 Å². The van der Waals surface area contributed by atoms with Crippen LogP contribution in [-0.2, 0) is 6.42 Å². The van der Waals surface area contributed by atoms with Crippen LogP contribution in [0.25, 0.3) is 11.1 Å². The van der Waals surface area contributed by atoms with Crippen LogP contribution in [0, 0.1) is 13.8 Å². The third-order valence-corrected chi connectivity index (χ3v) is 5.34. The molecule has 2 rings (SSSR count). The summed E-state index contributed by atoms with van der Waals surface area (Å²) in [5.74, 6) is 0. The quantitative estimate of drug-likeness (QED) is 0.338. The average molecular weight is 491 g/mol. The Hall–Kier alpha value is -2.60. The molecular formula is C36H58. The van der Waals surface area contributed by atoms with Crippen molar-refractivity contribution in [3.8, 4) is 0 Å². The van der Waals surface area contributed by atoms with Crippen LogP contribution in [0.2, 0.25) is 0 Å². The Labute approximate surface area is 227 Å². The Bertz CT molecular complexity index is 929. The molecule has 0 nitrogen and oxygen atoms in total. The first kappa shape index (κ1) is 37.9. The van der Waals surface area contributed by atoms with Gasteiger partial charge in [0.1, 0.15) is 0 Å². The maximum atomic E-state index is 4.23. The minimum absolute atomic E-state index is 0.940. The van der Waals surface area contributed by atoms with Crippen LogP contribution >= 0.6 is 0 Å². The molecule has 0 atom stereocenters. The summed E-state index contributed by atoms with van der Waals surface area (Å²) in [4.78, 5) is 0. The lowest BCUT2D eigenvalue weighted by molar-refractivity contribution is 1.12. The zero-order chi connectivity index (χ0) is 28.7. The molecule has 0 aliphatic rings. The van der Waals surface area contributed by atoms with E-state index in [0.29, 0.717) is 0 Å². The lowest BCUT2D eigenvalue weighted by Gasteiger charge is -2.16. The van der Waals surface area contributed by atoms with Crippen LogP contribution in [0.1, 0.15) is 123 Å². The molecule has 202 valence electrons. The molecule has 0 heteroatoms. The maximum Gasteiger partial charge on any atom is -0.00201 e. The van der Waals surface area contributed by atoms with Gasteiger partial charge in [-0.2, -0.15) is 0 Å². The fourth-order valence-electron chi connectivity index (χ4n) is 3.65. The molecule has 0 aliphatic carbocycles. The van der Waals surface area contributed by atoms with E-state index in [2.05, 4.69) is 95.8 Å². The smallest absolute Gasteiger partial charge is 0.00201 e. The molecule has 0 radical (unpaired) electrons. The van der Waals surface area contributed by atoms with Gasteiger partial charge in [-0.25, -0.2) is 0 Å². The molecule has 0 bridgehead atoms. The van der Waals surface area contributed by atoms with Crippen molar-refractivity contribution in [3.63, 3.8) is 0 Å². The van der Waals surface area contributed by atoms with Gasteiger partial charge in [-0.3, -0.25) is 0 Å². The van der Waals surface area contributed by atoms with Crippen molar-refractivity contribution in [2.24, 2.45) is 0 Å². The highest BCUT2D eigenvalue weighted by Gasteiger charge is 2.11. The fraction of sp³-hybridized carbons (Fsp3) is 0.444. The van der Waals surface area contributed by atoms with Crippen molar-refractivity contribution >= 4 is 11.1 Å². The molecule has 0 N–H and O–H groups in total. The van der Waals surface area contributed by atoms with Crippen molar-refractivity contribution in [3.05, 3.63) is 106 Å². The largest absolute Gasteiger partial charge is 0.0912 e.